The number of rotatable bonds is 7. The molecule has 0 N–H and O–H groups in total. The minimum absolute atomic E-state index is 0.0324. The van der Waals surface area contributed by atoms with Crippen LogP contribution in [0.25, 0.3) is 6.08 Å². The van der Waals surface area contributed by atoms with Crippen LogP contribution in [0.2, 0.25) is 0 Å². The molecule has 1 unspecified atom stereocenters. The molecule has 1 atom stereocenters. The van der Waals surface area contributed by atoms with Gasteiger partial charge < -0.3 is 14.4 Å². The lowest BCUT2D eigenvalue weighted by Gasteiger charge is -2.37. The summed E-state index contributed by atoms with van der Waals surface area (Å²) in [6, 6.07) is 6.83. The van der Waals surface area contributed by atoms with E-state index in [0.29, 0.717) is 5.78 Å². The van der Waals surface area contributed by atoms with E-state index in [1.165, 1.54) is 40.2 Å². The molecule has 0 aromatic heterocycles. The largest absolute Gasteiger partial charge is 0.485 e. The number of fused-ring (bicyclic) bond motifs is 5. The van der Waals surface area contributed by atoms with Gasteiger partial charge in [-0.25, -0.2) is 0 Å². The van der Waals surface area contributed by atoms with Crippen LogP contribution in [0.15, 0.2) is 47.2 Å². The Morgan fingerprint density at radius 3 is 2.70 bits per heavy atom. The Bertz CT molecular complexity index is 1210. The van der Waals surface area contributed by atoms with Crippen molar-refractivity contribution in [2.45, 2.75) is 71.8 Å². The third-order valence-corrected chi connectivity index (χ3v) is 9.01. The monoisotopic (exact) mass is 500 g/mol. The average Bonchev–Trinajstić information content (AvgIpc) is 3.14. The summed E-state index contributed by atoms with van der Waals surface area (Å²) >= 11 is 0. The summed E-state index contributed by atoms with van der Waals surface area (Å²) in [5.74, 6) is 1.36. The summed E-state index contributed by atoms with van der Waals surface area (Å²) in [7, 11) is 0. The van der Waals surface area contributed by atoms with Crippen LogP contribution in [0.4, 0.5) is 5.69 Å². The first-order valence-electron chi connectivity index (χ1n) is 14.5. The molecule has 1 saturated heterocycles. The van der Waals surface area contributed by atoms with Crippen molar-refractivity contribution in [2.24, 2.45) is 5.41 Å². The number of ether oxygens (including phenoxy) is 1. The number of Topliss-reactive ketones (excluding diaryl/α,β-unsaturated/α-hetero) is 1. The van der Waals surface area contributed by atoms with E-state index < -0.39 is 0 Å². The van der Waals surface area contributed by atoms with E-state index in [4.69, 9.17) is 4.74 Å². The molecule has 1 aromatic carbocycles. The fraction of sp³-hybridized carbons (Fsp3) is 0.562. The van der Waals surface area contributed by atoms with Gasteiger partial charge in [-0.05, 0) is 77.3 Å². The van der Waals surface area contributed by atoms with E-state index >= 15 is 0 Å². The summed E-state index contributed by atoms with van der Waals surface area (Å²) in [6.07, 6.45) is 14.9. The van der Waals surface area contributed by atoms with E-state index in [1.807, 2.05) is 0 Å². The quantitative estimate of drug-likeness (QED) is 0.361. The first-order valence-corrected chi connectivity index (χ1v) is 14.5. The van der Waals surface area contributed by atoms with Crippen LogP contribution in [-0.2, 0) is 4.79 Å². The van der Waals surface area contributed by atoms with Crippen molar-refractivity contribution in [3.05, 3.63) is 52.8 Å². The second-order valence-electron chi connectivity index (χ2n) is 12.0. The van der Waals surface area contributed by atoms with Crippen LogP contribution >= 0.6 is 0 Å². The van der Waals surface area contributed by atoms with Gasteiger partial charge in [0.2, 0.25) is 5.70 Å². The van der Waals surface area contributed by atoms with E-state index in [-0.39, 0.29) is 11.5 Å². The van der Waals surface area contributed by atoms with Crippen LogP contribution in [0.5, 0.6) is 5.75 Å². The summed E-state index contributed by atoms with van der Waals surface area (Å²) in [5, 5.41) is 0. The molecule has 0 saturated carbocycles. The maximum atomic E-state index is 11.1. The Hall–Kier alpha value is -2.66. The Labute approximate surface area is 222 Å². The number of anilines is 1. The smallest absolute Gasteiger partial charge is 0.205 e. The molecule has 0 radical (unpaired) electrons. The molecule has 4 heterocycles. The summed E-state index contributed by atoms with van der Waals surface area (Å²) < 4.78 is 9.30. The van der Waals surface area contributed by atoms with Crippen LogP contribution < -0.4 is 9.64 Å². The third kappa shape index (κ3) is 4.60. The van der Waals surface area contributed by atoms with Gasteiger partial charge in [-0.15, -0.1) is 0 Å². The Morgan fingerprint density at radius 1 is 1.08 bits per heavy atom. The first kappa shape index (κ1) is 24.7. The Balaban J connectivity index is 1.14. The molecule has 1 fully saturated rings. The number of hydrogen-bond acceptors (Lipinski definition) is 4. The highest BCUT2D eigenvalue weighted by Gasteiger charge is 2.54. The van der Waals surface area contributed by atoms with Crippen molar-refractivity contribution >= 4 is 23.3 Å². The van der Waals surface area contributed by atoms with Gasteiger partial charge in [-0.2, -0.15) is 4.58 Å². The minimum atomic E-state index is 0.0324. The van der Waals surface area contributed by atoms with E-state index in [9.17, 15) is 4.79 Å². The fourth-order valence-electron chi connectivity index (χ4n) is 7.04. The zero-order valence-corrected chi connectivity index (χ0v) is 22.9. The zero-order chi connectivity index (χ0) is 25.6. The molecule has 6 rings (SSSR count). The number of unbranched alkanes of at least 4 members (excludes halogenated alkanes) is 2. The summed E-state index contributed by atoms with van der Waals surface area (Å²) in [5.41, 5.74) is 8.31. The minimum Gasteiger partial charge on any atom is -0.485 e. The lowest BCUT2D eigenvalue weighted by Crippen LogP contribution is -2.46. The van der Waals surface area contributed by atoms with Crippen molar-refractivity contribution in [1.29, 1.82) is 0 Å². The number of piperazine rings is 1. The standard InChI is InChI=1S/C32H42N3O2/c1-23(36)9-5-4-8-15-33-17-19-34(20-18-33)25-13-12-24-21-26-29(37-30(24)22-25)14-16-35-28-11-7-6-10-27(28)32(2,3)31(26)35/h10-13,21-22,29H,4-9,14-20H2,1-3H3/q+1. The Morgan fingerprint density at radius 2 is 1.89 bits per heavy atom. The lowest BCUT2D eigenvalue weighted by molar-refractivity contribution is -0.474. The topological polar surface area (TPSA) is 35.8 Å². The second kappa shape index (κ2) is 9.90. The second-order valence-corrected chi connectivity index (χ2v) is 12.0. The van der Waals surface area contributed by atoms with Crippen molar-refractivity contribution < 1.29 is 14.1 Å². The normalized spacial score (nSPS) is 24.2. The van der Waals surface area contributed by atoms with Gasteiger partial charge in [0.15, 0.2) is 12.3 Å². The molecular weight excluding hydrogens is 458 g/mol. The van der Waals surface area contributed by atoms with Crippen molar-refractivity contribution in [3.63, 3.8) is 0 Å². The highest BCUT2D eigenvalue weighted by atomic mass is 16.5. The number of allylic oxidation sites excluding steroid dienone is 3. The molecule has 0 spiro atoms. The average molecular weight is 501 g/mol. The maximum absolute atomic E-state index is 11.1. The summed E-state index contributed by atoms with van der Waals surface area (Å²) in [6.45, 7) is 13.0. The van der Waals surface area contributed by atoms with Crippen LogP contribution in [0, 0.1) is 5.41 Å². The van der Waals surface area contributed by atoms with Crippen LogP contribution in [0.1, 0.15) is 71.3 Å². The highest BCUT2D eigenvalue weighted by molar-refractivity contribution is 6.09. The molecule has 1 aliphatic carbocycles. The summed E-state index contributed by atoms with van der Waals surface area (Å²) in [4.78, 5) is 16.2. The molecule has 1 aromatic rings. The van der Waals surface area contributed by atoms with Crippen molar-refractivity contribution in [1.82, 2.24) is 4.90 Å². The number of carbonyl (C=O) groups excluding carboxylic acids is 1. The van der Waals surface area contributed by atoms with Gasteiger partial charge in [0, 0.05) is 61.9 Å². The van der Waals surface area contributed by atoms with E-state index in [2.05, 4.69) is 64.6 Å². The van der Waals surface area contributed by atoms with E-state index in [1.54, 1.807) is 6.92 Å². The predicted molar refractivity (Wildman–Crippen MR) is 151 cm³/mol. The SMILES string of the molecule is CC(=O)CCCCCN1CCN(c2ccc3c(c2)OC2CC[N+]4=C(C2=C3)C(C)(C)C2=CCCC=C24)CC1. The molecule has 5 nitrogen and oxygen atoms in total. The molecule has 0 amide bonds. The van der Waals surface area contributed by atoms with Gasteiger partial charge in [0.1, 0.15) is 17.6 Å². The molecule has 196 valence electrons. The van der Waals surface area contributed by atoms with Crippen molar-refractivity contribution in [2.75, 3.05) is 44.2 Å². The molecule has 4 aliphatic heterocycles. The number of ketones is 1. The van der Waals surface area contributed by atoms with Crippen LogP contribution in [0.3, 0.4) is 0 Å². The number of nitrogens with zero attached hydrogens (tertiary/aromatic N) is 3. The number of hydrogen-bond donors (Lipinski definition) is 0. The molecule has 0 bridgehead atoms. The van der Waals surface area contributed by atoms with Gasteiger partial charge >= 0.3 is 0 Å². The fourth-order valence-corrected chi connectivity index (χ4v) is 7.04. The molecule has 5 heteroatoms. The number of carbonyl (C=O) groups is 1. The molecule has 37 heavy (non-hydrogen) atoms. The Kier molecular flexibility index (Phi) is 6.60. The molecular formula is C32H42N3O2+. The van der Waals surface area contributed by atoms with Gasteiger partial charge in [0.25, 0.3) is 0 Å². The van der Waals surface area contributed by atoms with Gasteiger partial charge in [-0.1, -0.05) is 12.5 Å². The predicted octanol–water partition coefficient (Wildman–Crippen LogP) is 5.60. The lowest BCUT2D eigenvalue weighted by atomic mass is 9.74. The van der Waals surface area contributed by atoms with Crippen molar-refractivity contribution in [3.8, 4) is 5.75 Å². The first-order chi connectivity index (χ1) is 17.9. The van der Waals surface area contributed by atoms with Gasteiger partial charge in [0.05, 0.1) is 11.0 Å². The number of benzene rings is 1. The van der Waals surface area contributed by atoms with Crippen LogP contribution in [-0.4, -0.2) is 66.3 Å². The third-order valence-electron chi connectivity index (χ3n) is 9.01. The molecule has 5 aliphatic rings. The highest BCUT2D eigenvalue weighted by Crippen LogP contribution is 2.48. The zero-order valence-electron chi connectivity index (χ0n) is 22.9. The maximum Gasteiger partial charge on any atom is 0.205 e. The van der Waals surface area contributed by atoms with Gasteiger partial charge in [-0.3, -0.25) is 4.90 Å². The van der Waals surface area contributed by atoms with E-state index in [0.717, 1.165) is 83.5 Å².